The third kappa shape index (κ3) is 6.48. The second-order valence-corrected chi connectivity index (χ2v) is 7.85. The fourth-order valence-electron chi connectivity index (χ4n) is 3.28. The molecule has 7 nitrogen and oxygen atoms in total. The van der Waals surface area contributed by atoms with E-state index in [0.29, 0.717) is 32.0 Å². The van der Waals surface area contributed by atoms with Crippen molar-refractivity contribution in [2.75, 3.05) is 46.5 Å². The number of hydrogen-bond donors (Lipinski definition) is 2. The number of aromatic nitrogens is 2. The van der Waals surface area contributed by atoms with Gasteiger partial charge in [0.05, 0.1) is 26.0 Å². The summed E-state index contributed by atoms with van der Waals surface area (Å²) in [5.74, 6) is 1.58. The maximum absolute atomic E-state index is 12.7. The number of ether oxygens (including phenoxy) is 2. The molecule has 1 aromatic heterocycles. The van der Waals surface area contributed by atoms with Crippen molar-refractivity contribution in [1.82, 2.24) is 20.4 Å². The highest BCUT2D eigenvalue weighted by molar-refractivity contribution is 7.98. The number of amides is 1. The topological polar surface area (TPSA) is 79.5 Å². The second-order valence-electron chi connectivity index (χ2n) is 6.83. The zero-order chi connectivity index (χ0) is 22.6. The van der Waals surface area contributed by atoms with Gasteiger partial charge in [-0.3, -0.25) is 9.89 Å². The molecule has 4 rings (SSSR count). The van der Waals surface area contributed by atoms with Gasteiger partial charge in [-0.15, -0.1) is 11.8 Å². The second kappa shape index (κ2) is 13.4. The number of morpholine rings is 1. The minimum absolute atomic E-state index is 0.0135. The fraction of sp³-hybridized carbons (Fsp3) is 0.565. The first-order valence-electron chi connectivity index (χ1n) is 11.2. The molecular formula is C23H36N4O3S. The highest BCUT2D eigenvalue weighted by Gasteiger charge is 2.29. The Bertz CT molecular complexity index is 815. The number of nitrogens with one attached hydrogen (secondary N) is 2. The highest BCUT2D eigenvalue weighted by atomic mass is 32.2. The van der Waals surface area contributed by atoms with Gasteiger partial charge >= 0.3 is 0 Å². The van der Waals surface area contributed by atoms with Crippen LogP contribution in [0.3, 0.4) is 0 Å². The average Bonchev–Trinajstić information content (AvgIpc) is 3.28. The molecule has 3 heterocycles. The number of nitrogens with zero attached hydrogens (tertiary/aromatic N) is 2. The Balaban J connectivity index is 0.000000372. The molecule has 1 fully saturated rings. The Morgan fingerprint density at radius 3 is 2.65 bits per heavy atom. The van der Waals surface area contributed by atoms with E-state index in [1.807, 2.05) is 36.9 Å². The van der Waals surface area contributed by atoms with E-state index in [-0.39, 0.29) is 5.91 Å². The van der Waals surface area contributed by atoms with Crippen molar-refractivity contribution in [3.8, 4) is 17.0 Å². The summed E-state index contributed by atoms with van der Waals surface area (Å²) < 4.78 is 10.6. The highest BCUT2D eigenvalue weighted by Crippen LogP contribution is 2.43. The Hall–Kier alpha value is -2.03. The zero-order valence-electron chi connectivity index (χ0n) is 19.4. The summed E-state index contributed by atoms with van der Waals surface area (Å²) in [6, 6.07) is 5.94. The largest absolute Gasteiger partial charge is 0.497 e. The number of fused-ring (bicyclic) bond motifs is 3. The number of H-pyrrole nitrogens is 1. The van der Waals surface area contributed by atoms with Gasteiger partial charge in [0.15, 0.2) is 0 Å². The van der Waals surface area contributed by atoms with Gasteiger partial charge < -0.3 is 19.7 Å². The van der Waals surface area contributed by atoms with Crippen LogP contribution in [-0.2, 0) is 10.5 Å². The smallest absolute Gasteiger partial charge is 0.272 e. The predicted octanol–water partition coefficient (Wildman–Crippen LogP) is 4.20. The Morgan fingerprint density at radius 1 is 1.29 bits per heavy atom. The molecule has 1 aromatic carbocycles. The van der Waals surface area contributed by atoms with Crippen molar-refractivity contribution < 1.29 is 14.3 Å². The summed E-state index contributed by atoms with van der Waals surface area (Å²) in [6.45, 7) is 13.0. The third-order valence-corrected chi connectivity index (χ3v) is 5.95. The lowest BCUT2D eigenvalue weighted by Gasteiger charge is -2.27. The van der Waals surface area contributed by atoms with Crippen LogP contribution in [0.25, 0.3) is 11.3 Å². The van der Waals surface area contributed by atoms with Crippen LogP contribution >= 0.6 is 11.8 Å². The minimum atomic E-state index is 0.0135. The standard InChI is InChI=1S/C16H17N3O3S.C5H13N.C2H6/c1-21-10-2-3-11-13(8-10)23-9-12-14(11)17-18-15(12)16(20)19-4-6-22-7-5-19;1-3-5-6-4-2;1-2/h2-3,8H,4-7,9H2,1H3,(H,17,18);6H,3-5H2,1-2H3;1-2H3. The molecule has 2 N–H and O–H groups in total. The van der Waals surface area contributed by atoms with Crippen LogP contribution in [0.4, 0.5) is 0 Å². The van der Waals surface area contributed by atoms with Crippen LogP contribution < -0.4 is 10.1 Å². The van der Waals surface area contributed by atoms with Gasteiger partial charge in [-0.1, -0.05) is 27.7 Å². The lowest BCUT2D eigenvalue weighted by molar-refractivity contribution is 0.0298. The van der Waals surface area contributed by atoms with Crippen LogP contribution in [0, 0.1) is 0 Å². The number of carbonyl (C=O) groups is 1. The van der Waals surface area contributed by atoms with Crippen LogP contribution in [-0.4, -0.2) is 67.5 Å². The maximum atomic E-state index is 12.7. The van der Waals surface area contributed by atoms with Crippen LogP contribution in [0.2, 0.25) is 0 Å². The van der Waals surface area contributed by atoms with E-state index in [9.17, 15) is 4.79 Å². The molecule has 0 saturated carbocycles. The fourth-order valence-corrected chi connectivity index (χ4v) is 4.38. The van der Waals surface area contributed by atoms with E-state index < -0.39 is 0 Å². The molecule has 2 aliphatic rings. The lowest BCUT2D eigenvalue weighted by atomic mass is 10.1. The Labute approximate surface area is 190 Å². The molecule has 0 spiro atoms. The van der Waals surface area contributed by atoms with Crippen molar-refractivity contribution in [3.63, 3.8) is 0 Å². The van der Waals surface area contributed by atoms with Crippen LogP contribution in [0.1, 0.15) is 50.2 Å². The third-order valence-electron chi connectivity index (χ3n) is 4.87. The van der Waals surface area contributed by atoms with Gasteiger partial charge in [-0.05, 0) is 37.7 Å². The van der Waals surface area contributed by atoms with E-state index in [2.05, 4.69) is 29.4 Å². The molecule has 0 unspecified atom stereocenters. The number of hydrogen-bond acceptors (Lipinski definition) is 6. The van der Waals surface area contributed by atoms with Gasteiger partial charge in [0.2, 0.25) is 0 Å². The monoisotopic (exact) mass is 448 g/mol. The molecule has 1 amide bonds. The van der Waals surface area contributed by atoms with Crippen molar-refractivity contribution in [1.29, 1.82) is 0 Å². The molecule has 8 heteroatoms. The molecular weight excluding hydrogens is 412 g/mol. The zero-order valence-corrected chi connectivity index (χ0v) is 20.2. The van der Waals surface area contributed by atoms with Gasteiger partial charge in [-0.2, -0.15) is 5.10 Å². The summed E-state index contributed by atoms with van der Waals surface area (Å²) >= 11 is 1.71. The first-order chi connectivity index (χ1) is 15.2. The van der Waals surface area contributed by atoms with Crippen LogP contribution in [0.15, 0.2) is 23.1 Å². The van der Waals surface area contributed by atoms with Crippen LogP contribution in [0.5, 0.6) is 5.75 Å². The molecule has 2 aliphatic heterocycles. The number of aromatic amines is 1. The van der Waals surface area contributed by atoms with Gasteiger partial charge in [-0.25, -0.2) is 0 Å². The molecule has 0 aliphatic carbocycles. The number of benzene rings is 1. The van der Waals surface area contributed by atoms with E-state index in [0.717, 1.165) is 46.3 Å². The van der Waals surface area contributed by atoms with E-state index in [4.69, 9.17) is 9.47 Å². The minimum Gasteiger partial charge on any atom is -0.497 e. The van der Waals surface area contributed by atoms with Crippen molar-refractivity contribution in [2.45, 2.75) is 44.8 Å². The number of methoxy groups -OCH3 is 1. The Morgan fingerprint density at radius 2 is 2.03 bits per heavy atom. The molecule has 2 aromatic rings. The summed E-state index contributed by atoms with van der Waals surface area (Å²) in [7, 11) is 1.66. The van der Waals surface area contributed by atoms with Crippen molar-refractivity contribution >= 4 is 17.7 Å². The first kappa shape index (κ1) is 25.2. The Kier molecular flexibility index (Phi) is 10.9. The summed E-state index contributed by atoms with van der Waals surface area (Å²) in [5, 5.41) is 10.6. The quantitative estimate of drug-likeness (QED) is 0.668. The molecule has 0 radical (unpaired) electrons. The van der Waals surface area contributed by atoms with Gasteiger partial charge in [0.1, 0.15) is 11.4 Å². The average molecular weight is 449 g/mol. The van der Waals surface area contributed by atoms with Gasteiger partial charge in [0.25, 0.3) is 5.91 Å². The number of carbonyl (C=O) groups excluding carboxylic acids is 1. The summed E-state index contributed by atoms with van der Waals surface area (Å²) in [4.78, 5) is 15.7. The van der Waals surface area contributed by atoms with Crippen molar-refractivity contribution in [3.05, 3.63) is 29.5 Å². The number of rotatable bonds is 5. The molecule has 0 atom stereocenters. The molecule has 1 saturated heterocycles. The maximum Gasteiger partial charge on any atom is 0.272 e. The van der Waals surface area contributed by atoms with Gasteiger partial charge in [0, 0.05) is 34.9 Å². The normalized spacial score (nSPS) is 14.3. The van der Waals surface area contributed by atoms with E-state index >= 15 is 0 Å². The van der Waals surface area contributed by atoms with Crippen molar-refractivity contribution in [2.24, 2.45) is 0 Å². The van der Waals surface area contributed by atoms with E-state index in [1.54, 1.807) is 18.9 Å². The molecule has 0 bridgehead atoms. The summed E-state index contributed by atoms with van der Waals surface area (Å²) in [5.41, 5.74) is 3.52. The molecule has 31 heavy (non-hydrogen) atoms. The predicted molar refractivity (Wildman–Crippen MR) is 127 cm³/mol. The lowest BCUT2D eigenvalue weighted by Crippen LogP contribution is -2.41. The SMILES string of the molecule is CC.CCCNCC.COc1ccc2c(c1)SCc1c-2n[nH]c1C(=O)N1CCOCC1. The first-order valence-corrected chi connectivity index (χ1v) is 12.1. The number of thioether (sulfide) groups is 1. The molecule has 172 valence electrons. The van der Waals surface area contributed by atoms with E-state index in [1.165, 1.54) is 6.42 Å². The summed E-state index contributed by atoms with van der Waals surface area (Å²) in [6.07, 6.45) is 1.24.